The first-order chi connectivity index (χ1) is 6.47. The van der Waals surface area contributed by atoms with Gasteiger partial charge in [-0.2, -0.15) is 0 Å². The fourth-order valence-corrected chi connectivity index (χ4v) is 0.509. The second-order valence-corrected chi connectivity index (χ2v) is 2.42. The standard InChI is InChI=1S/C6H11N3O5/c1-3(5(11)12)8-6(13)7-2-4(10)9-14/h3,14H,2H2,1H3,(H,9,10)(H,11,12)(H2,7,8,13)/t3-/m0/s1. The van der Waals surface area contributed by atoms with Crippen LogP contribution in [0, 0.1) is 0 Å². The average Bonchev–Trinajstić information content (AvgIpc) is 2.13. The third kappa shape index (κ3) is 4.93. The summed E-state index contributed by atoms with van der Waals surface area (Å²) < 4.78 is 0. The Morgan fingerprint density at radius 3 is 2.36 bits per heavy atom. The number of carbonyl (C=O) groups is 3. The highest BCUT2D eigenvalue weighted by molar-refractivity contribution is 5.85. The number of aliphatic carboxylic acids is 1. The summed E-state index contributed by atoms with van der Waals surface area (Å²) in [5.41, 5.74) is 1.30. The molecule has 5 N–H and O–H groups in total. The van der Waals surface area contributed by atoms with Crippen molar-refractivity contribution in [2.24, 2.45) is 0 Å². The number of rotatable bonds is 4. The van der Waals surface area contributed by atoms with Gasteiger partial charge in [0.1, 0.15) is 12.6 Å². The molecular formula is C6H11N3O5. The van der Waals surface area contributed by atoms with Gasteiger partial charge in [-0.3, -0.25) is 14.8 Å². The Kier molecular flexibility index (Phi) is 5.00. The minimum Gasteiger partial charge on any atom is -0.480 e. The van der Waals surface area contributed by atoms with Crippen molar-refractivity contribution in [1.29, 1.82) is 0 Å². The van der Waals surface area contributed by atoms with Gasteiger partial charge in [0.15, 0.2) is 0 Å². The molecule has 0 rings (SSSR count). The molecule has 0 radical (unpaired) electrons. The summed E-state index contributed by atoms with van der Waals surface area (Å²) in [5.74, 6) is -1.99. The molecule has 0 saturated carbocycles. The fourth-order valence-electron chi connectivity index (χ4n) is 0.509. The lowest BCUT2D eigenvalue weighted by Crippen LogP contribution is -2.46. The lowest BCUT2D eigenvalue weighted by Gasteiger charge is -2.09. The van der Waals surface area contributed by atoms with Crippen LogP contribution < -0.4 is 16.1 Å². The number of carbonyl (C=O) groups excluding carboxylic acids is 2. The molecule has 0 aromatic heterocycles. The molecule has 0 unspecified atom stereocenters. The Morgan fingerprint density at radius 1 is 1.36 bits per heavy atom. The molecule has 3 amide bonds. The molecule has 8 heteroatoms. The van der Waals surface area contributed by atoms with E-state index in [0.29, 0.717) is 0 Å². The van der Waals surface area contributed by atoms with E-state index in [1.165, 1.54) is 12.4 Å². The van der Waals surface area contributed by atoms with Crippen LogP contribution in [0.2, 0.25) is 0 Å². The van der Waals surface area contributed by atoms with E-state index in [9.17, 15) is 14.4 Å². The second kappa shape index (κ2) is 5.75. The molecule has 0 aromatic carbocycles. The number of nitrogens with one attached hydrogen (secondary N) is 3. The number of carboxylic acids is 1. The Labute approximate surface area is 79.2 Å². The summed E-state index contributed by atoms with van der Waals surface area (Å²) in [6.07, 6.45) is 0. The molecule has 0 aliphatic carbocycles. The van der Waals surface area contributed by atoms with Gasteiger partial charge in [-0.1, -0.05) is 0 Å². The third-order valence-electron chi connectivity index (χ3n) is 1.25. The number of hydrogen-bond donors (Lipinski definition) is 5. The lowest BCUT2D eigenvalue weighted by atomic mass is 10.3. The van der Waals surface area contributed by atoms with E-state index in [1.807, 2.05) is 10.6 Å². The zero-order valence-corrected chi connectivity index (χ0v) is 7.40. The van der Waals surface area contributed by atoms with Gasteiger partial charge < -0.3 is 15.7 Å². The van der Waals surface area contributed by atoms with E-state index >= 15 is 0 Å². The number of hydrogen-bond acceptors (Lipinski definition) is 4. The second-order valence-electron chi connectivity index (χ2n) is 2.42. The van der Waals surface area contributed by atoms with Crippen LogP contribution in [0.1, 0.15) is 6.92 Å². The van der Waals surface area contributed by atoms with Crippen LogP contribution in [0.15, 0.2) is 0 Å². The maximum Gasteiger partial charge on any atom is 0.325 e. The van der Waals surface area contributed by atoms with E-state index in [1.54, 1.807) is 0 Å². The van der Waals surface area contributed by atoms with Crippen molar-refractivity contribution in [2.75, 3.05) is 6.54 Å². The molecular weight excluding hydrogens is 194 g/mol. The van der Waals surface area contributed by atoms with E-state index < -0.39 is 30.5 Å². The monoisotopic (exact) mass is 205 g/mol. The number of urea groups is 1. The summed E-state index contributed by atoms with van der Waals surface area (Å²) >= 11 is 0. The molecule has 0 aliphatic heterocycles. The van der Waals surface area contributed by atoms with Crippen LogP contribution in [0.4, 0.5) is 4.79 Å². The van der Waals surface area contributed by atoms with E-state index in [2.05, 4.69) is 0 Å². The highest BCUT2D eigenvalue weighted by Crippen LogP contribution is 1.80. The predicted molar refractivity (Wildman–Crippen MR) is 43.6 cm³/mol. The van der Waals surface area contributed by atoms with Gasteiger partial charge in [-0.15, -0.1) is 0 Å². The van der Waals surface area contributed by atoms with Crippen LogP contribution in [0.3, 0.4) is 0 Å². The molecule has 8 nitrogen and oxygen atoms in total. The summed E-state index contributed by atoms with van der Waals surface area (Å²) in [7, 11) is 0. The van der Waals surface area contributed by atoms with Crippen molar-refractivity contribution in [3.8, 4) is 0 Å². The molecule has 0 saturated heterocycles. The summed E-state index contributed by atoms with van der Waals surface area (Å²) in [5, 5.41) is 20.5. The molecule has 0 aliphatic rings. The van der Waals surface area contributed by atoms with Gasteiger partial charge in [0.05, 0.1) is 0 Å². The zero-order chi connectivity index (χ0) is 11.1. The number of amides is 3. The van der Waals surface area contributed by atoms with Crippen molar-refractivity contribution in [2.45, 2.75) is 13.0 Å². The fraction of sp³-hybridized carbons (Fsp3) is 0.500. The number of hydroxylamine groups is 1. The molecule has 0 spiro atoms. The van der Waals surface area contributed by atoms with Crippen molar-refractivity contribution in [3.05, 3.63) is 0 Å². The third-order valence-corrected chi connectivity index (χ3v) is 1.25. The minimum absolute atomic E-state index is 0.436. The van der Waals surface area contributed by atoms with Crippen LogP contribution in [-0.4, -0.2) is 40.8 Å². The van der Waals surface area contributed by atoms with Crippen LogP contribution >= 0.6 is 0 Å². The molecule has 0 aromatic rings. The predicted octanol–water partition coefficient (Wildman–Crippen LogP) is -1.74. The molecule has 0 bridgehead atoms. The van der Waals surface area contributed by atoms with Gasteiger partial charge >= 0.3 is 12.0 Å². The normalized spacial score (nSPS) is 11.3. The van der Waals surface area contributed by atoms with E-state index in [4.69, 9.17) is 10.3 Å². The molecule has 14 heavy (non-hydrogen) atoms. The van der Waals surface area contributed by atoms with E-state index in [-0.39, 0.29) is 0 Å². The van der Waals surface area contributed by atoms with Gasteiger partial charge in [-0.25, -0.2) is 10.3 Å². The Morgan fingerprint density at radius 2 is 1.93 bits per heavy atom. The Hall–Kier alpha value is -1.83. The highest BCUT2D eigenvalue weighted by atomic mass is 16.5. The largest absolute Gasteiger partial charge is 0.480 e. The van der Waals surface area contributed by atoms with Gasteiger partial charge in [0.2, 0.25) is 0 Å². The zero-order valence-electron chi connectivity index (χ0n) is 7.40. The molecule has 0 fully saturated rings. The maximum absolute atomic E-state index is 10.8. The summed E-state index contributed by atoms with van der Waals surface area (Å²) in [6.45, 7) is 0.836. The van der Waals surface area contributed by atoms with Gasteiger partial charge in [-0.05, 0) is 6.92 Å². The average molecular weight is 205 g/mol. The van der Waals surface area contributed by atoms with Crippen LogP contribution in [0.25, 0.3) is 0 Å². The first-order valence-corrected chi connectivity index (χ1v) is 3.67. The van der Waals surface area contributed by atoms with Gasteiger partial charge in [0.25, 0.3) is 5.91 Å². The first-order valence-electron chi connectivity index (χ1n) is 3.67. The number of carboxylic acid groups (broad SMARTS) is 1. The first kappa shape index (κ1) is 12.2. The van der Waals surface area contributed by atoms with Gasteiger partial charge in [0, 0.05) is 0 Å². The topological polar surface area (TPSA) is 128 Å². The minimum atomic E-state index is -1.19. The molecule has 0 heterocycles. The van der Waals surface area contributed by atoms with Crippen LogP contribution in [-0.2, 0) is 9.59 Å². The highest BCUT2D eigenvalue weighted by Gasteiger charge is 2.13. The smallest absolute Gasteiger partial charge is 0.325 e. The SMILES string of the molecule is C[C@H](NC(=O)NCC(=O)NO)C(=O)O. The molecule has 80 valence electrons. The Balaban J connectivity index is 3.76. The quantitative estimate of drug-likeness (QED) is 0.275. The van der Waals surface area contributed by atoms with Crippen molar-refractivity contribution >= 4 is 17.9 Å². The Bertz CT molecular complexity index is 242. The summed E-state index contributed by atoms with van der Waals surface area (Å²) in [4.78, 5) is 31.5. The van der Waals surface area contributed by atoms with Crippen molar-refractivity contribution < 1.29 is 24.7 Å². The van der Waals surface area contributed by atoms with Crippen molar-refractivity contribution in [1.82, 2.24) is 16.1 Å². The summed E-state index contributed by atoms with van der Waals surface area (Å²) in [6, 6.07) is -1.85. The maximum atomic E-state index is 10.8. The van der Waals surface area contributed by atoms with Crippen molar-refractivity contribution in [3.63, 3.8) is 0 Å². The molecule has 1 atom stereocenters. The van der Waals surface area contributed by atoms with E-state index in [0.717, 1.165) is 0 Å². The lowest BCUT2D eigenvalue weighted by molar-refractivity contribution is -0.138. The van der Waals surface area contributed by atoms with Crippen LogP contribution in [0.5, 0.6) is 0 Å².